The van der Waals surface area contributed by atoms with Crippen molar-refractivity contribution in [3.8, 4) is 0 Å². The van der Waals surface area contributed by atoms with Gasteiger partial charge in [0, 0.05) is 31.0 Å². The van der Waals surface area contributed by atoms with Gasteiger partial charge in [-0.05, 0) is 30.9 Å². The maximum atomic E-state index is 12.2. The number of rotatable bonds is 6. The average molecular weight is 352 g/mol. The van der Waals surface area contributed by atoms with Crippen LogP contribution in [0.2, 0.25) is 0 Å². The van der Waals surface area contributed by atoms with Crippen LogP contribution in [-0.4, -0.2) is 55.9 Å². The minimum absolute atomic E-state index is 0.0258. The number of ether oxygens (including phenoxy) is 1. The van der Waals surface area contributed by atoms with E-state index in [1.807, 2.05) is 18.2 Å². The van der Waals surface area contributed by atoms with Gasteiger partial charge in [-0.1, -0.05) is 12.5 Å². The zero-order valence-corrected chi connectivity index (χ0v) is 14.8. The summed E-state index contributed by atoms with van der Waals surface area (Å²) in [6, 6.07) is 5.74. The van der Waals surface area contributed by atoms with Crippen molar-refractivity contribution in [1.29, 1.82) is 0 Å². The third kappa shape index (κ3) is 3.95. The van der Waals surface area contributed by atoms with Crippen molar-refractivity contribution in [1.82, 2.24) is 9.88 Å². The SMILES string of the molecule is CS(=O)(=O)CC(=O)N1C[C@H]2CCC[C@@]2(COCc2ccccn2)C1. The Hall–Kier alpha value is -1.47. The van der Waals surface area contributed by atoms with Crippen LogP contribution in [0.4, 0.5) is 0 Å². The fourth-order valence-electron chi connectivity index (χ4n) is 4.00. The number of carbonyl (C=O) groups is 1. The largest absolute Gasteiger partial charge is 0.375 e. The van der Waals surface area contributed by atoms with Gasteiger partial charge in [0.1, 0.15) is 5.75 Å². The second kappa shape index (κ2) is 6.80. The third-order valence-corrected chi connectivity index (χ3v) is 5.92. The number of carbonyl (C=O) groups excluding carboxylic acids is 1. The van der Waals surface area contributed by atoms with E-state index in [1.54, 1.807) is 11.1 Å². The number of amides is 1. The maximum absolute atomic E-state index is 12.2. The molecule has 2 aliphatic rings. The molecule has 1 amide bonds. The van der Waals surface area contributed by atoms with Crippen molar-refractivity contribution in [2.24, 2.45) is 11.3 Å². The van der Waals surface area contributed by atoms with Gasteiger partial charge in [-0.15, -0.1) is 0 Å². The quantitative estimate of drug-likeness (QED) is 0.771. The molecular weight excluding hydrogens is 328 g/mol. The summed E-state index contributed by atoms with van der Waals surface area (Å²) < 4.78 is 28.7. The van der Waals surface area contributed by atoms with E-state index >= 15 is 0 Å². The summed E-state index contributed by atoms with van der Waals surface area (Å²) in [6.45, 7) is 2.32. The Morgan fingerprint density at radius 1 is 1.46 bits per heavy atom. The van der Waals surface area contributed by atoms with Crippen molar-refractivity contribution in [2.45, 2.75) is 25.9 Å². The molecule has 0 aromatic carbocycles. The molecule has 1 aliphatic heterocycles. The van der Waals surface area contributed by atoms with Gasteiger partial charge in [0.15, 0.2) is 9.84 Å². The lowest BCUT2D eigenvalue weighted by atomic mass is 9.81. The minimum atomic E-state index is -3.29. The predicted octanol–water partition coefficient (Wildman–Crippen LogP) is 1.27. The Labute approximate surface area is 143 Å². The first kappa shape index (κ1) is 17.4. The third-order valence-electron chi connectivity index (χ3n) is 5.14. The van der Waals surface area contributed by atoms with Crippen LogP contribution in [-0.2, 0) is 26.0 Å². The number of hydrogen-bond donors (Lipinski definition) is 0. The Balaban J connectivity index is 1.60. The molecule has 1 saturated heterocycles. The molecule has 6 nitrogen and oxygen atoms in total. The molecule has 0 unspecified atom stereocenters. The molecule has 0 radical (unpaired) electrons. The summed E-state index contributed by atoms with van der Waals surface area (Å²) in [4.78, 5) is 18.2. The van der Waals surface area contributed by atoms with Crippen LogP contribution in [0.15, 0.2) is 24.4 Å². The summed E-state index contributed by atoms with van der Waals surface area (Å²) in [7, 11) is -3.29. The first-order valence-corrected chi connectivity index (χ1v) is 10.4. The molecule has 7 heteroatoms. The Bertz CT molecular complexity index is 692. The van der Waals surface area contributed by atoms with E-state index in [-0.39, 0.29) is 11.3 Å². The Morgan fingerprint density at radius 2 is 2.29 bits per heavy atom. The predicted molar refractivity (Wildman–Crippen MR) is 90.0 cm³/mol. The molecular formula is C17H24N2O4S. The summed E-state index contributed by atoms with van der Waals surface area (Å²) in [5.74, 6) is -0.273. The Morgan fingerprint density at radius 3 is 3.00 bits per heavy atom. The smallest absolute Gasteiger partial charge is 0.237 e. The lowest BCUT2D eigenvalue weighted by Gasteiger charge is -2.28. The highest BCUT2D eigenvalue weighted by atomic mass is 32.2. The summed E-state index contributed by atoms with van der Waals surface area (Å²) in [5, 5.41) is 0. The number of nitrogens with zero attached hydrogens (tertiary/aromatic N) is 2. The molecule has 132 valence electrons. The van der Waals surface area contributed by atoms with Crippen molar-refractivity contribution < 1.29 is 17.9 Å². The molecule has 1 aliphatic carbocycles. The second-order valence-corrected chi connectivity index (χ2v) is 9.25. The van der Waals surface area contributed by atoms with Crippen LogP contribution in [0.25, 0.3) is 0 Å². The zero-order valence-electron chi connectivity index (χ0n) is 14.0. The number of pyridine rings is 1. The lowest BCUT2D eigenvalue weighted by molar-refractivity contribution is -0.128. The highest BCUT2D eigenvalue weighted by Gasteiger charge is 2.50. The van der Waals surface area contributed by atoms with E-state index < -0.39 is 15.6 Å². The number of likely N-dealkylation sites (tertiary alicyclic amines) is 1. The molecule has 1 saturated carbocycles. The second-order valence-electron chi connectivity index (χ2n) is 7.11. The van der Waals surface area contributed by atoms with Gasteiger partial charge in [-0.2, -0.15) is 0 Å². The number of sulfone groups is 1. The maximum Gasteiger partial charge on any atom is 0.237 e. The van der Waals surface area contributed by atoms with E-state index in [9.17, 15) is 13.2 Å². The van der Waals surface area contributed by atoms with Crippen LogP contribution >= 0.6 is 0 Å². The van der Waals surface area contributed by atoms with Gasteiger partial charge in [-0.25, -0.2) is 8.42 Å². The summed E-state index contributed by atoms with van der Waals surface area (Å²) in [6.07, 6.45) is 6.11. The highest BCUT2D eigenvalue weighted by Crippen LogP contribution is 2.49. The number of aromatic nitrogens is 1. The van der Waals surface area contributed by atoms with Crippen LogP contribution in [0.5, 0.6) is 0 Å². The number of fused-ring (bicyclic) bond motifs is 1. The van der Waals surface area contributed by atoms with Crippen LogP contribution in [0, 0.1) is 11.3 Å². The van der Waals surface area contributed by atoms with Gasteiger partial charge < -0.3 is 9.64 Å². The van der Waals surface area contributed by atoms with Gasteiger partial charge in [0.2, 0.25) is 5.91 Å². The first-order valence-electron chi connectivity index (χ1n) is 8.31. The normalized spacial score (nSPS) is 26.5. The average Bonchev–Trinajstić information content (AvgIpc) is 3.03. The van der Waals surface area contributed by atoms with E-state index in [2.05, 4.69) is 4.98 Å². The summed E-state index contributed by atoms with van der Waals surface area (Å²) >= 11 is 0. The van der Waals surface area contributed by atoms with Gasteiger partial charge in [0.25, 0.3) is 0 Å². The van der Waals surface area contributed by atoms with Crippen molar-refractivity contribution in [3.63, 3.8) is 0 Å². The summed E-state index contributed by atoms with van der Waals surface area (Å²) in [5.41, 5.74) is 0.869. The molecule has 0 N–H and O–H groups in total. The van der Waals surface area contributed by atoms with E-state index in [0.717, 1.165) is 31.2 Å². The molecule has 24 heavy (non-hydrogen) atoms. The van der Waals surface area contributed by atoms with Crippen molar-refractivity contribution in [3.05, 3.63) is 30.1 Å². The van der Waals surface area contributed by atoms with E-state index in [0.29, 0.717) is 32.2 Å². The first-order chi connectivity index (χ1) is 11.4. The van der Waals surface area contributed by atoms with Crippen molar-refractivity contribution in [2.75, 3.05) is 31.7 Å². The monoisotopic (exact) mass is 352 g/mol. The number of hydrogen-bond acceptors (Lipinski definition) is 5. The highest BCUT2D eigenvalue weighted by molar-refractivity contribution is 7.91. The molecule has 3 rings (SSSR count). The minimum Gasteiger partial charge on any atom is -0.375 e. The fraction of sp³-hybridized carbons (Fsp3) is 0.647. The molecule has 0 bridgehead atoms. The molecule has 2 fully saturated rings. The van der Waals surface area contributed by atoms with Crippen LogP contribution in [0.1, 0.15) is 25.0 Å². The molecule has 2 heterocycles. The fourth-order valence-corrected chi connectivity index (χ4v) is 4.63. The topological polar surface area (TPSA) is 76.6 Å². The molecule has 1 aromatic rings. The van der Waals surface area contributed by atoms with Crippen LogP contribution in [0.3, 0.4) is 0 Å². The molecule has 0 spiro atoms. The molecule has 1 aromatic heterocycles. The lowest BCUT2D eigenvalue weighted by Crippen LogP contribution is -2.37. The van der Waals surface area contributed by atoms with E-state index in [1.165, 1.54) is 0 Å². The standard InChI is InChI=1S/C17H24N2O4S/c1-24(21,22)11-16(20)19-9-14-5-4-7-17(14,12-19)13-23-10-15-6-2-3-8-18-15/h2-3,6,8,14H,4-5,7,9-13H2,1H3/t14-,17+/m1/s1. The zero-order chi connectivity index (χ0) is 17.2. The van der Waals surface area contributed by atoms with Gasteiger partial charge >= 0.3 is 0 Å². The van der Waals surface area contributed by atoms with Gasteiger partial charge in [0.05, 0.1) is 18.9 Å². The molecule has 2 atom stereocenters. The van der Waals surface area contributed by atoms with Gasteiger partial charge in [-0.3, -0.25) is 9.78 Å². The Kier molecular flexibility index (Phi) is 4.92. The van der Waals surface area contributed by atoms with E-state index in [4.69, 9.17) is 4.74 Å². The van der Waals surface area contributed by atoms with Crippen LogP contribution < -0.4 is 0 Å². The van der Waals surface area contributed by atoms with Crippen molar-refractivity contribution >= 4 is 15.7 Å².